The number of phenolic OH excluding ortho intramolecular Hbond substituents is 2. The van der Waals surface area contributed by atoms with E-state index in [4.69, 9.17) is 0 Å². The number of allylic oxidation sites excluding steroid dienone is 4. The van der Waals surface area contributed by atoms with E-state index >= 15 is 0 Å². The Morgan fingerprint density at radius 3 is 1.43 bits per heavy atom. The van der Waals surface area contributed by atoms with Crippen LogP contribution in [-0.4, -0.2) is 10.2 Å². The molecule has 0 heterocycles. The van der Waals surface area contributed by atoms with Crippen molar-refractivity contribution in [3.8, 4) is 11.5 Å². The Bertz CT molecular complexity index is 980. The van der Waals surface area contributed by atoms with Gasteiger partial charge in [0.05, 0.1) is 0 Å². The van der Waals surface area contributed by atoms with Crippen molar-refractivity contribution in [1.29, 1.82) is 0 Å². The predicted molar refractivity (Wildman–Crippen MR) is 120 cm³/mol. The van der Waals surface area contributed by atoms with Crippen LogP contribution in [0.25, 0.3) is 21.5 Å². The SMILES string of the molecule is CC(C)=CCCc1ccc2c(O)c3ccc(CCC=C(C)C)cc3c(O)c2c1. The maximum atomic E-state index is 11.0. The Labute approximate surface area is 167 Å². The van der Waals surface area contributed by atoms with Gasteiger partial charge in [-0.15, -0.1) is 0 Å². The minimum atomic E-state index is 0.245. The lowest BCUT2D eigenvalue weighted by atomic mass is 9.95. The molecule has 0 saturated heterocycles. The molecule has 28 heavy (non-hydrogen) atoms. The van der Waals surface area contributed by atoms with Gasteiger partial charge in [-0.2, -0.15) is 0 Å². The molecule has 146 valence electrons. The fourth-order valence-electron chi connectivity index (χ4n) is 3.64. The van der Waals surface area contributed by atoms with E-state index in [1.165, 1.54) is 22.3 Å². The Morgan fingerprint density at radius 2 is 1.04 bits per heavy atom. The maximum Gasteiger partial charge on any atom is 0.131 e. The van der Waals surface area contributed by atoms with Gasteiger partial charge in [-0.3, -0.25) is 0 Å². The van der Waals surface area contributed by atoms with E-state index < -0.39 is 0 Å². The Hall–Kier alpha value is -2.74. The van der Waals surface area contributed by atoms with E-state index in [9.17, 15) is 10.2 Å². The highest BCUT2D eigenvalue weighted by molar-refractivity contribution is 6.10. The van der Waals surface area contributed by atoms with Crippen molar-refractivity contribution in [3.63, 3.8) is 0 Å². The first-order valence-electron chi connectivity index (χ1n) is 10.0. The highest BCUT2D eigenvalue weighted by atomic mass is 16.3. The lowest BCUT2D eigenvalue weighted by molar-refractivity contribution is 0.478. The number of phenols is 2. The molecule has 0 bridgehead atoms. The number of aromatic hydroxyl groups is 2. The first-order valence-corrected chi connectivity index (χ1v) is 10.0. The molecule has 2 heteroatoms. The van der Waals surface area contributed by atoms with Crippen LogP contribution in [-0.2, 0) is 12.8 Å². The molecule has 0 fully saturated rings. The van der Waals surface area contributed by atoms with Crippen LogP contribution in [0.2, 0.25) is 0 Å². The first-order chi connectivity index (χ1) is 13.4. The topological polar surface area (TPSA) is 40.5 Å². The molecule has 0 spiro atoms. The van der Waals surface area contributed by atoms with Crippen molar-refractivity contribution >= 4 is 21.5 Å². The highest BCUT2D eigenvalue weighted by Crippen LogP contribution is 2.42. The Kier molecular flexibility index (Phi) is 6.08. The van der Waals surface area contributed by atoms with Crippen molar-refractivity contribution in [2.75, 3.05) is 0 Å². The number of benzene rings is 3. The molecule has 2 N–H and O–H groups in total. The Balaban J connectivity index is 2.03. The van der Waals surface area contributed by atoms with E-state index in [-0.39, 0.29) is 11.5 Å². The second-order valence-corrected chi connectivity index (χ2v) is 8.10. The van der Waals surface area contributed by atoms with Crippen molar-refractivity contribution in [1.82, 2.24) is 0 Å². The number of aryl methyl sites for hydroxylation is 2. The summed E-state index contributed by atoms with van der Waals surface area (Å²) in [6, 6.07) is 12.0. The van der Waals surface area contributed by atoms with Crippen molar-refractivity contribution in [2.45, 2.75) is 53.4 Å². The summed E-state index contributed by atoms with van der Waals surface area (Å²) < 4.78 is 0. The van der Waals surface area contributed by atoms with Crippen LogP contribution >= 0.6 is 0 Å². The van der Waals surface area contributed by atoms with E-state index in [1.807, 2.05) is 36.4 Å². The van der Waals surface area contributed by atoms with Crippen molar-refractivity contribution < 1.29 is 10.2 Å². The van der Waals surface area contributed by atoms with Crippen LogP contribution < -0.4 is 0 Å². The van der Waals surface area contributed by atoms with Gasteiger partial charge in [0, 0.05) is 21.5 Å². The van der Waals surface area contributed by atoms with Crippen molar-refractivity contribution in [3.05, 3.63) is 70.8 Å². The molecule has 0 aliphatic heterocycles. The summed E-state index contributed by atoms with van der Waals surface area (Å²) in [5, 5.41) is 24.6. The third-order valence-electron chi connectivity index (χ3n) is 5.16. The summed E-state index contributed by atoms with van der Waals surface area (Å²) in [5.74, 6) is 0.505. The monoisotopic (exact) mass is 374 g/mol. The second-order valence-electron chi connectivity index (χ2n) is 8.10. The van der Waals surface area contributed by atoms with Crippen LogP contribution in [0.3, 0.4) is 0 Å². The standard InChI is InChI=1S/C26H30O2/c1-17(2)7-5-9-19-11-13-21-23(15-19)26(28)24-16-20(10-6-8-18(3)4)12-14-22(24)25(21)27/h7-8,11-16,27-28H,5-6,9-10H2,1-4H3. The highest BCUT2D eigenvalue weighted by Gasteiger charge is 2.14. The summed E-state index contributed by atoms with van der Waals surface area (Å²) in [6.07, 6.45) is 8.23. The Morgan fingerprint density at radius 1 is 0.643 bits per heavy atom. The molecule has 3 aromatic rings. The molecule has 0 amide bonds. The van der Waals surface area contributed by atoms with Gasteiger partial charge in [-0.25, -0.2) is 0 Å². The fourth-order valence-corrected chi connectivity index (χ4v) is 3.64. The third-order valence-corrected chi connectivity index (χ3v) is 5.16. The predicted octanol–water partition coefficient (Wildman–Crippen LogP) is 7.20. The van der Waals surface area contributed by atoms with Gasteiger partial charge in [0.25, 0.3) is 0 Å². The molecule has 0 aromatic heterocycles. The molecule has 0 atom stereocenters. The molecule has 3 aromatic carbocycles. The normalized spacial score (nSPS) is 11.0. The fraction of sp³-hybridized carbons (Fsp3) is 0.308. The molecular weight excluding hydrogens is 344 g/mol. The van der Waals surface area contributed by atoms with Crippen molar-refractivity contribution in [2.24, 2.45) is 0 Å². The van der Waals surface area contributed by atoms with Crippen LogP contribution in [0.5, 0.6) is 11.5 Å². The molecule has 0 radical (unpaired) electrons. The molecule has 0 saturated carbocycles. The summed E-state index contributed by atoms with van der Waals surface area (Å²) in [7, 11) is 0. The zero-order valence-corrected chi connectivity index (χ0v) is 17.3. The van der Waals surface area contributed by atoms with E-state index in [0.717, 1.165) is 36.5 Å². The average molecular weight is 375 g/mol. The van der Waals surface area contributed by atoms with Gasteiger partial charge in [-0.05, 0) is 76.6 Å². The third kappa shape index (κ3) is 4.39. The van der Waals surface area contributed by atoms with Gasteiger partial charge in [0.15, 0.2) is 0 Å². The number of hydrogen-bond donors (Lipinski definition) is 2. The lowest BCUT2D eigenvalue weighted by Gasteiger charge is -2.12. The maximum absolute atomic E-state index is 11.0. The van der Waals surface area contributed by atoms with Gasteiger partial charge < -0.3 is 10.2 Å². The smallest absolute Gasteiger partial charge is 0.131 e. The van der Waals surface area contributed by atoms with Gasteiger partial charge >= 0.3 is 0 Å². The minimum Gasteiger partial charge on any atom is -0.507 e. The van der Waals surface area contributed by atoms with Crippen LogP contribution in [0.15, 0.2) is 59.7 Å². The van der Waals surface area contributed by atoms with Crippen LogP contribution in [0.4, 0.5) is 0 Å². The molecule has 2 nitrogen and oxygen atoms in total. The van der Waals surface area contributed by atoms with E-state index in [1.54, 1.807) is 0 Å². The van der Waals surface area contributed by atoms with E-state index in [0.29, 0.717) is 10.8 Å². The summed E-state index contributed by atoms with van der Waals surface area (Å²) in [4.78, 5) is 0. The summed E-state index contributed by atoms with van der Waals surface area (Å²) >= 11 is 0. The number of hydrogen-bond acceptors (Lipinski definition) is 2. The molecule has 0 aliphatic rings. The summed E-state index contributed by atoms with van der Waals surface area (Å²) in [6.45, 7) is 8.41. The molecule has 3 rings (SSSR count). The molecule has 0 unspecified atom stereocenters. The zero-order chi connectivity index (χ0) is 20.3. The minimum absolute atomic E-state index is 0.245. The molecular formula is C26H30O2. The van der Waals surface area contributed by atoms with E-state index in [2.05, 4.69) is 39.8 Å². The van der Waals surface area contributed by atoms with Crippen LogP contribution in [0, 0.1) is 0 Å². The van der Waals surface area contributed by atoms with Gasteiger partial charge in [0.2, 0.25) is 0 Å². The lowest BCUT2D eigenvalue weighted by Crippen LogP contribution is -1.89. The van der Waals surface area contributed by atoms with Crippen LogP contribution in [0.1, 0.15) is 51.7 Å². The quantitative estimate of drug-likeness (QED) is 0.272. The average Bonchev–Trinajstić information content (AvgIpc) is 2.65. The zero-order valence-electron chi connectivity index (χ0n) is 17.3. The number of fused-ring (bicyclic) bond motifs is 2. The first kappa shape index (κ1) is 20.0. The number of rotatable bonds is 6. The second kappa shape index (κ2) is 8.52. The van der Waals surface area contributed by atoms with Gasteiger partial charge in [0.1, 0.15) is 11.5 Å². The molecule has 0 aliphatic carbocycles. The van der Waals surface area contributed by atoms with Gasteiger partial charge in [-0.1, -0.05) is 47.6 Å². The summed E-state index contributed by atoms with van der Waals surface area (Å²) in [5.41, 5.74) is 4.96. The largest absolute Gasteiger partial charge is 0.507 e.